The summed E-state index contributed by atoms with van der Waals surface area (Å²) in [6.45, 7) is 4.03. The van der Waals surface area contributed by atoms with Crippen LogP contribution in [0.3, 0.4) is 0 Å². The fourth-order valence-electron chi connectivity index (χ4n) is 0.570. The Balaban J connectivity index is 3.83. The van der Waals surface area contributed by atoms with Crippen LogP contribution < -0.4 is 0 Å². The van der Waals surface area contributed by atoms with E-state index in [4.69, 9.17) is 11.6 Å². The molecule has 0 heterocycles. The number of hydrogen-bond acceptors (Lipinski definition) is 4. The lowest BCUT2D eigenvalue weighted by molar-refractivity contribution is -0.158. The molecule has 0 aromatic heterocycles. The summed E-state index contributed by atoms with van der Waals surface area (Å²) in [5, 5.41) is 0. The normalized spacial score (nSPS) is 14.7. The molecular weight excluding hydrogens is 184 g/mol. The van der Waals surface area contributed by atoms with Crippen molar-refractivity contribution in [1.29, 1.82) is 0 Å². The molecule has 2 atom stereocenters. The van der Waals surface area contributed by atoms with Crippen LogP contribution in [0.15, 0.2) is 0 Å². The van der Waals surface area contributed by atoms with Gasteiger partial charge in [-0.25, -0.2) is 0 Å². The minimum absolute atomic E-state index is 0.458. The topological polar surface area (TPSA) is 52.6 Å². The first-order valence-electron chi connectivity index (χ1n) is 3.42. The Morgan fingerprint density at radius 2 is 1.58 bits per heavy atom. The highest BCUT2D eigenvalue weighted by Gasteiger charge is 2.19. The lowest BCUT2D eigenvalue weighted by Gasteiger charge is -2.16. The Labute approximate surface area is 75.8 Å². The Kier molecular flexibility index (Phi) is 4.66. The van der Waals surface area contributed by atoms with Gasteiger partial charge in [0.25, 0.3) is 0 Å². The standard InChI is InChI=1S/C7H11ClO4/c1-4(11-5(2)9)7(8)12-6(3)10/h4,7H,1-3H3. The molecule has 0 aromatic carbocycles. The highest BCUT2D eigenvalue weighted by atomic mass is 35.5. The molecular formula is C7H11ClO4. The summed E-state index contributed by atoms with van der Waals surface area (Å²) in [4.78, 5) is 20.8. The molecule has 0 N–H and O–H groups in total. The van der Waals surface area contributed by atoms with Crippen LogP contribution in [0, 0.1) is 0 Å². The van der Waals surface area contributed by atoms with Crippen LogP contribution in [0.1, 0.15) is 20.8 Å². The number of halogens is 1. The van der Waals surface area contributed by atoms with Crippen molar-refractivity contribution in [2.45, 2.75) is 32.4 Å². The summed E-state index contributed by atoms with van der Waals surface area (Å²) in [7, 11) is 0. The number of carbonyl (C=O) groups excluding carboxylic acids is 2. The van der Waals surface area contributed by atoms with Crippen molar-refractivity contribution in [2.24, 2.45) is 0 Å². The first-order valence-corrected chi connectivity index (χ1v) is 3.85. The molecule has 0 aliphatic carbocycles. The fraction of sp³-hybridized carbons (Fsp3) is 0.714. The van der Waals surface area contributed by atoms with E-state index in [2.05, 4.69) is 9.47 Å². The largest absolute Gasteiger partial charge is 0.458 e. The zero-order valence-corrected chi connectivity index (χ0v) is 7.92. The van der Waals surface area contributed by atoms with Crippen LogP contribution in [-0.4, -0.2) is 23.6 Å². The van der Waals surface area contributed by atoms with E-state index in [-0.39, 0.29) is 0 Å². The lowest BCUT2D eigenvalue weighted by Crippen LogP contribution is -2.27. The molecule has 0 aliphatic rings. The number of rotatable bonds is 3. The highest BCUT2D eigenvalue weighted by molar-refractivity contribution is 6.20. The highest BCUT2D eigenvalue weighted by Crippen LogP contribution is 2.08. The van der Waals surface area contributed by atoms with Crippen LogP contribution >= 0.6 is 11.6 Å². The van der Waals surface area contributed by atoms with Gasteiger partial charge in [-0.1, -0.05) is 11.6 Å². The van der Waals surface area contributed by atoms with Gasteiger partial charge in [-0.2, -0.15) is 0 Å². The Hall–Kier alpha value is -0.770. The molecule has 0 fully saturated rings. The third-order valence-corrected chi connectivity index (χ3v) is 1.44. The van der Waals surface area contributed by atoms with Crippen LogP contribution in [0.2, 0.25) is 0 Å². The number of hydrogen-bond donors (Lipinski definition) is 0. The lowest BCUT2D eigenvalue weighted by atomic mass is 10.4. The number of ether oxygens (including phenoxy) is 2. The average Bonchev–Trinajstić information content (AvgIpc) is 1.84. The van der Waals surface area contributed by atoms with Crippen molar-refractivity contribution in [2.75, 3.05) is 0 Å². The van der Waals surface area contributed by atoms with Crippen molar-refractivity contribution < 1.29 is 19.1 Å². The van der Waals surface area contributed by atoms with Crippen molar-refractivity contribution in [1.82, 2.24) is 0 Å². The first kappa shape index (κ1) is 11.2. The molecule has 0 radical (unpaired) electrons. The summed E-state index contributed by atoms with van der Waals surface area (Å²) in [5.74, 6) is -0.964. The van der Waals surface area contributed by atoms with E-state index in [1.54, 1.807) is 6.92 Å². The van der Waals surface area contributed by atoms with Gasteiger partial charge in [-0.05, 0) is 6.92 Å². The summed E-state index contributed by atoms with van der Waals surface area (Å²) < 4.78 is 9.23. The second kappa shape index (κ2) is 4.98. The molecule has 5 heteroatoms. The van der Waals surface area contributed by atoms with E-state index in [1.807, 2.05) is 0 Å². The first-order chi connectivity index (χ1) is 5.43. The maximum absolute atomic E-state index is 10.4. The van der Waals surface area contributed by atoms with E-state index >= 15 is 0 Å². The third kappa shape index (κ3) is 4.96. The monoisotopic (exact) mass is 194 g/mol. The molecule has 12 heavy (non-hydrogen) atoms. The van der Waals surface area contributed by atoms with Crippen LogP contribution in [0.25, 0.3) is 0 Å². The van der Waals surface area contributed by atoms with Crippen LogP contribution in [-0.2, 0) is 19.1 Å². The minimum atomic E-state index is -0.925. The van der Waals surface area contributed by atoms with Gasteiger partial charge in [-0.3, -0.25) is 9.59 Å². The summed E-state index contributed by atoms with van der Waals surface area (Å²) in [6, 6.07) is 0. The van der Waals surface area contributed by atoms with E-state index in [9.17, 15) is 9.59 Å². The minimum Gasteiger partial charge on any atom is -0.458 e. The second-order valence-corrected chi connectivity index (χ2v) is 2.71. The molecule has 0 aromatic rings. The van der Waals surface area contributed by atoms with Crippen molar-refractivity contribution >= 4 is 23.5 Å². The average molecular weight is 195 g/mol. The number of carbonyl (C=O) groups is 2. The molecule has 2 unspecified atom stereocenters. The van der Waals surface area contributed by atoms with Crippen molar-refractivity contribution in [3.8, 4) is 0 Å². The molecule has 4 nitrogen and oxygen atoms in total. The summed E-state index contributed by atoms with van der Waals surface area (Å²) >= 11 is 5.55. The zero-order chi connectivity index (χ0) is 9.72. The Morgan fingerprint density at radius 1 is 1.17 bits per heavy atom. The molecule has 0 amide bonds. The molecule has 0 spiro atoms. The van der Waals surface area contributed by atoms with Gasteiger partial charge < -0.3 is 9.47 Å². The summed E-state index contributed by atoms with van der Waals surface area (Å²) in [5.41, 5.74) is -0.925. The maximum atomic E-state index is 10.4. The zero-order valence-electron chi connectivity index (χ0n) is 7.17. The van der Waals surface area contributed by atoms with Gasteiger partial charge in [0.15, 0.2) is 0 Å². The second-order valence-electron chi connectivity index (χ2n) is 2.28. The molecule has 0 aliphatic heterocycles. The van der Waals surface area contributed by atoms with Gasteiger partial charge in [0.05, 0.1) is 0 Å². The molecule has 0 saturated heterocycles. The van der Waals surface area contributed by atoms with Crippen LogP contribution in [0.4, 0.5) is 0 Å². The molecule has 0 saturated carbocycles. The van der Waals surface area contributed by atoms with Gasteiger partial charge >= 0.3 is 11.9 Å². The van der Waals surface area contributed by atoms with Gasteiger partial charge in [0, 0.05) is 13.8 Å². The predicted octanol–water partition coefficient (Wildman–Crippen LogP) is 1.07. The van der Waals surface area contributed by atoms with Gasteiger partial charge in [0.1, 0.15) is 6.10 Å². The van der Waals surface area contributed by atoms with E-state index in [0.717, 1.165) is 0 Å². The summed E-state index contributed by atoms with van der Waals surface area (Å²) in [6.07, 6.45) is -0.631. The Bertz CT molecular complexity index is 160. The van der Waals surface area contributed by atoms with Crippen molar-refractivity contribution in [3.05, 3.63) is 0 Å². The molecule has 0 bridgehead atoms. The SMILES string of the molecule is CC(=O)OC(C)C(Cl)OC(C)=O. The third-order valence-electron chi connectivity index (χ3n) is 0.999. The quantitative estimate of drug-likeness (QED) is 0.498. The van der Waals surface area contributed by atoms with Gasteiger partial charge in [-0.15, -0.1) is 0 Å². The van der Waals surface area contributed by atoms with E-state index in [0.29, 0.717) is 0 Å². The van der Waals surface area contributed by atoms with E-state index in [1.165, 1.54) is 13.8 Å². The van der Waals surface area contributed by atoms with E-state index < -0.39 is 23.6 Å². The number of esters is 2. The molecule has 70 valence electrons. The molecule has 0 rings (SSSR count). The van der Waals surface area contributed by atoms with Crippen LogP contribution in [0.5, 0.6) is 0 Å². The van der Waals surface area contributed by atoms with Gasteiger partial charge in [0.2, 0.25) is 5.56 Å². The smallest absolute Gasteiger partial charge is 0.304 e. The Morgan fingerprint density at radius 3 is 1.92 bits per heavy atom. The predicted molar refractivity (Wildman–Crippen MR) is 42.6 cm³/mol. The maximum Gasteiger partial charge on any atom is 0.304 e. The van der Waals surface area contributed by atoms with Crippen molar-refractivity contribution in [3.63, 3.8) is 0 Å². The number of alkyl halides is 1. The fourth-order valence-corrected chi connectivity index (χ4v) is 0.747.